The van der Waals surface area contributed by atoms with E-state index >= 15 is 0 Å². The number of thioether (sulfide) groups is 1. The van der Waals surface area contributed by atoms with E-state index in [4.69, 9.17) is 0 Å². The summed E-state index contributed by atoms with van der Waals surface area (Å²) in [5.74, 6) is -3.38. The Labute approximate surface area is 353 Å². The van der Waals surface area contributed by atoms with E-state index in [1.54, 1.807) is 20.0 Å². The molecule has 0 radical (unpaired) electrons. The predicted octanol–water partition coefficient (Wildman–Crippen LogP) is 2.52. The monoisotopic (exact) mass is 839 g/mol. The number of amides is 6. The van der Waals surface area contributed by atoms with Crippen molar-refractivity contribution >= 4 is 69.0 Å². The second-order valence-corrected chi connectivity index (χ2v) is 18.7. The molecular weight excluding hydrogens is 783 g/mol. The highest BCUT2D eigenvalue weighted by molar-refractivity contribution is 8.00. The van der Waals surface area contributed by atoms with Crippen molar-refractivity contribution in [3.63, 3.8) is 0 Å². The highest BCUT2D eigenvalue weighted by atomic mass is 32.2. The van der Waals surface area contributed by atoms with Gasteiger partial charge in [-0.25, -0.2) is 0 Å². The van der Waals surface area contributed by atoms with E-state index in [0.29, 0.717) is 18.6 Å². The van der Waals surface area contributed by atoms with Gasteiger partial charge in [-0.05, 0) is 53.9 Å². The molecule has 2 aliphatic heterocycles. The van der Waals surface area contributed by atoms with Gasteiger partial charge in [-0.3, -0.25) is 34.1 Å². The summed E-state index contributed by atoms with van der Waals surface area (Å²) in [6.07, 6.45) is 4.55. The van der Waals surface area contributed by atoms with Crippen LogP contribution in [0.15, 0.2) is 60.9 Å². The van der Waals surface area contributed by atoms with Gasteiger partial charge in [0.05, 0.1) is 17.5 Å². The Morgan fingerprint density at radius 1 is 0.600 bits per heavy atom. The zero-order chi connectivity index (χ0) is 42.9. The molecule has 1 spiro atoms. The van der Waals surface area contributed by atoms with E-state index in [1.165, 1.54) is 11.8 Å². The van der Waals surface area contributed by atoms with Gasteiger partial charge in [0.25, 0.3) is 0 Å². The molecule has 7 rings (SSSR count). The minimum Gasteiger partial charge on any atom is -0.361 e. The molecule has 15 nitrogen and oxygen atoms in total. The van der Waals surface area contributed by atoms with Gasteiger partial charge in [0.2, 0.25) is 35.4 Å². The molecular formula is C44H57N9O6S. The van der Waals surface area contributed by atoms with Crippen LogP contribution in [-0.2, 0) is 41.6 Å². The number of fused-ring (bicyclic) bond motifs is 4. The van der Waals surface area contributed by atoms with E-state index in [0.717, 1.165) is 32.9 Å². The fourth-order valence-electron chi connectivity index (χ4n) is 8.15. The number of nitrogens with one attached hydrogen (secondary N) is 9. The van der Waals surface area contributed by atoms with E-state index in [-0.39, 0.29) is 41.9 Å². The molecule has 2 saturated heterocycles. The largest absolute Gasteiger partial charge is 0.361 e. The lowest BCUT2D eigenvalue weighted by molar-refractivity contribution is -0.136. The van der Waals surface area contributed by atoms with Crippen LogP contribution in [0.5, 0.6) is 0 Å². The van der Waals surface area contributed by atoms with Gasteiger partial charge in [-0.1, -0.05) is 77.9 Å². The van der Waals surface area contributed by atoms with Crippen LogP contribution in [0.25, 0.3) is 21.8 Å². The van der Waals surface area contributed by atoms with Crippen molar-refractivity contribution in [2.24, 2.45) is 17.8 Å². The van der Waals surface area contributed by atoms with Crippen molar-refractivity contribution in [3.05, 3.63) is 72.1 Å². The standard InChI is InChI=1S/C44H57N9O6S/c1-22(2)34-40(57)48-32(18-26-20-46-30-14-10-8-12-28(26)30)39(56)53-44(15-16-44)43(59)52-35(23(3)4)41(58)47-31(17-25-19-45-29-13-9-7-11-27(25)29)37(54)51-36(24(5)6)42-49-33(21-60-42)38(55)50-34/h7-14,19-20,22-24,31-36,42,45-46,49H,15-18,21H2,1-6H3,(H,47,58)(H,48,57)(H,50,55)(H,51,54)(H,52,59)(H,53,56)/t31-,32+,33+,34-,35+,36+,42?/m1/s1. The zero-order valence-corrected chi connectivity index (χ0v) is 35.8. The van der Waals surface area contributed by atoms with Crippen molar-refractivity contribution in [2.75, 3.05) is 5.75 Å². The number of para-hydroxylation sites is 2. The van der Waals surface area contributed by atoms with E-state index in [9.17, 15) is 28.8 Å². The third kappa shape index (κ3) is 9.19. The molecule has 4 heterocycles. The number of hydrogen-bond donors (Lipinski definition) is 9. The van der Waals surface area contributed by atoms with Gasteiger partial charge in [0.1, 0.15) is 29.7 Å². The Balaban J connectivity index is 1.22. The van der Waals surface area contributed by atoms with Gasteiger partial charge < -0.3 is 41.9 Å². The average Bonchev–Trinajstić information content (AvgIpc) is 3.50. The number of carbonyl (C=O) groups excluding carboxylic acids is 6. The molecule has 9 N–H and O–H groups in total. The summed E-state index contributed by atoms with van der Waals surface area (Å²) < 4.78 is 0. The van der Waals surface area contributed by atoms with Crippen molar-refractivity contribution in [1.82, 2.24) is 47.2 Å². The molecule has 3 aliphatic rings. The number of carbonyl (C=O) groups is 6. The van der Waals surface area contributed by atoms with Crippen LogP contribution in [0.1, 0.15) is 65.5 Å². The van der Waals surface area contributed by atoms with Crippen LogP contribution in [0, 0.1) is 17.8 Å². The topological polar surface area (TPSA) is 218 Å². The molecule has 4 aromatic rings. The van der Waals surface area contributed by atoms with E-state index in [1.807, 2.05) is 82.4 Å². The minimum atomic E-state index is -1.31. The lowest BCUT2D eigenvalue weighted by atomic mass is 9.98. The summed E-state index contributed by atoms with van der Waals surface area (Å²) in [5, 5.41) is 22.7. The van der Waals surface area contributed by atoms with Crippen molar-refractivity contribution < 1.29 is 28.8 Å². The summed E-state index contributed by atoms with van der Waals surface area (Å²) in [6.45, 7) is 11.2. The first-order chi connectivity index (χ1) is 28.6. The third-order valence-electron chi connectivity index (χ3n) is 12.0. The summed E-state index contributed by atoms with van der Waals surface area (Å²) >= 11 is 1.50. The molecule has 7 atom stereocenters. The molecule has 6 amide bonds. The maximum atomic E-state index is 14.4. The summed E-state index contributed by atoms with van der Waals surface area (Å²) in [4.78, 5) is 91.7. The van der Waals surface area contributed by atoms with Crippen molar-refractivity contribution in [2.45, 2.75) is 114 Å². The molecule has 2 aromatic heterocycles. The van der Waals surface area contributed by atoms with Crippen LogP contribution in [0.3, 0.4) is 0 Å². The van der Waals surface area contributed by atoms with Crippen LogP contribution < -0.4 is 37.2 Å². The maximum absolute atomic E-state index is 14.4. The first-order valence-electron chi connectivity index (χ1n) is 21.0. The first-order valence-corrected chi connectivity index (χ1v) is 22.0. The van der Waals surface area contributed by atoms with Crippen LogP contribution in [0.4, 0.5) is 0 Å². The quantitative estimate of drug-likeness (QED) is 0.134. The summed E-state index contributed by atoms with van der Waals surface area (Å²) in [5.41, 5.74) is 2.06. The SMILES string of the molecule is CC(C)[C@@H]1NC(=O)[C@@H](Cc2c[nH]c3ccccc23)NC(=O)[C@H](C(C)C)NC(=O)C2(CC2)NC(=O)[C@H](Cc2c[nH]c3ccccc23)NC(=O)[C@@H](C(C)C)NC(=O)[C@@H]2CSC1N2. The highest BCUT2D eigenvalue weighted by Crippen LogP contribution is 2.36. The Bertz CT molecular complexity index is 2260. The molecule has 2 bridgehead atoms. The van der Waals surface area contributed by atoms with Crippen LogP contribution in [0.2, 0.25) is 0 Å². The number of H-pyrrole nitrogens is 2. The second-order valence-electron chi connectivity index (χ2n) is 17.5. The second kappa shape index (κ2) is 17.7. The van der Waals surface area contributed by atoms with E-state index < -0.39 is 71.3 Å². The van der Waals surface area contributed by atoms with Crippen molar-refractivity contribution in [3.8, 4) is 0 Å². The number of hydrogen-bond acceptors (Lipinski definition) is 8. The zero-order valence-electron chi connectivity index (χ0n) is 34.9. The predicted molar refractivity (Wildman–Crippen MR) is 231 cm³/mol. The molecule has 2 aromatic carbocycles. The Morgan fingerprint density at radius 3 is 1.63 bits per heavy atom. The normalized spacial score (nSPS) is 27.1. The smallest absolute Gasteiger partial charge is 0.246 e. The first kappa shape index (κ1) is 42.8. The number of benzene rings is 2. The number of aromatic nitrogens is 2. The Kier molecular flexibility index (Phi) is 12.6. The summed E-state index contributed by atoms with van der Waals surface area (Å²) in [6, 6.07) is 10.1. The molecule has 3 fully saturated rings. The molecule has 320 valence electrons. The lowest BCUT2D eigenvalue weighted by Crippen LogP contribution is -2.62. The fourth-order valence-corrected chi connectivity index (χ4v) is 9.65. The summed E-state index contributed by atoms with van der Waals surface area (Å²) in [7, 11) is 0. The van der Waals surface area contributed by atoms with Gasteiger partial charge in [0, 0.05) is 52.8 Å². The fraction of sp³-hybridized carbons (Fsp3) is 0.500. The van der Waals surface area contributed by atoms with Crippen molar-refractivity contribution in [1.29, 1.82) is 0 Å². The Morgan fingerprint density at radius 2 is 1.12 bits per heavy atom. The van der Waals surface area contributed by atoms with Gasteiger partial charge in [0.15, 0.2) is 0 Å². The van der Waals surface area contributed by atoms with E-state index in [2.05, 4.69) is 47.2 Å². The molecule has 16 heteroatoms. The minimum absolute atomic E-state index is 0.0717. The molecule has 1 saturated carbocycles. The van der Waals surface area contributed by atoms with Gasteiger partial charge in [-0.15, -0.1) is 11.8 Å². The number of rotatable bonds is 7. The Hall–Kier alpha value is -5.35. The maximum Gasteiger partial charge on any atom is 0.246 e. The van der Waals surface area contributed by atoms with Gasteiger partial charge >= 0.3 is 0 Å². The number of aromatic amines is 2. The molecule has 1 aliphatic carbocycles. The van der Waals surface area contributed by atoms with Gasteiger partial charge in [-0.2, -0.15) is 0 Å². The highest BCUT2D eigenvalue weighted by Gasteiger charge is 2.53. The average molecular weight is 840 g/mol. The molecule has 1 unspecified atom stereocenters. The molecule has 60 heavy (non-hydrogen) atoms. The van der Waals surface area contributed by atoms with Crippen LogP contribution in [-0.4, -0.2) is 98.3 Å². The lowest BCUT2D eigenvalue weighted by Gasteiger charge is -2.31. The van der Waals surface area contributed by atoms with Crippen LogP contribution >= 0.6 is 11.8 Å². The third-order valence-corrected chi connectivity index (χ3v) is 13.3.